The summed E-state index contributed by atoms with van der Waals surface area (Å²) in [6, 6.07) is 6.73. The molecule has 5 nitrogen and oxygen atoms in total. The Hall–Kier alpha value is -2.04. The average molecular weight is 291 g/mol. The van der Waals surface area contributed by atoms with Crippen molar-refractivity contribution in [1.29, 1.82) is 0 Å². The molecule has 0 saturated carbocycles. The first-order valence-electron chi connectivity index (χ1n) is 7.24. The summed E-state index contributed by atoms with van der Waals surface area (Å²) in [4.78, 5) is 25.9. The minimum Gasteiger partial charge on any atom is -0.399 e. The van der Waals surface area contributed by atoms with Crippen LogP contribution in [-0.2, 0) is 4.79 Å². The Kier molecular flexibility index (Phi) is 6.21. The van der Waals surface area contributed by atoms with Crippen LogP contribution in [0.1, 0.15) is 38.1 Å². The summed E-state index contributed by atoms with van der Waals surface area (Å²) in [6.07, 6.45) is 0. The van der Waals surface area contributed by atoms with Crippen molar-refractivity contribution in [2.75, 3.05) is 18.8 Å². The number of amides is 2. The third kappa shape index (κ3) is 5.45. The van der Waals surface area contributed by atoms with Gasteiger partial charge in [0.05, 0.1) is 6.54 Å². The van der Waals surface area contributed by atoms with E-state index in [2.05, 4.69) is 19.2 Å². The molecule has 0 unspecified atom stereocenters. The Bertz CT molecular complexity index is 481. The van der Waals surface area contributed by atoms with Gasteiger partial charge in [-0.15, -0.1) is 0 Å². The van der Waals surface area contributed by atoms with Crippen LogP contribution in [-0.4, -0.2) is 35.8 Å². The van der Waals surface area contributed by atoms with Crippen molar-refractivity contribution in [2.24, 2.45) is 5.92 Å². The lowest BCUT2D eigenvalue weighted by atomic mass is 10.1. The number of anilines is 1. The molecule has 2 amide bonds. The molecule has 1 aromatic carbocycles. The Morgan fingerprint density at radius 1 is 1.14 bits per heavy atom. The Morgan fingerprint density at radius 3 is 2.19 bits per heavy atom. The second-order valence-corrected chi connectivity index (χ2v) is 5.84. The fourth-order valence-electron chi connectivity index (χ4n) is 1.99. The predicted octanol–water partition coefficient (Wildman–Crippen LogP) is 1.89. The van der Waals surface area contributed by atoms with E-state index in [1.165, 1.54) is 0 Å². The molecule has 0 aliphatic rings. The fraction of sp³-hybridized carbons (Fsp3) is 0.500. The van der Waals surface area contributed by atoms with Crippen molar-refractivity contribution in [3.8, 4) is 0 Å². The second kappa shape index (κ2) is 7.67. The monoisotopic (exact) mass is 291 g/mol. The quantitative estimate of drug-likeness (QED) is 0.786. The number of nitrogens with two attached hydrogens (primary N) is 1. The normalized spacial score (nSPS) is 10.8. The molecule has 0 bridgehead atoms. The van der Waals surface area contributed by atoms with Crippen LogP contribution in [0, 0.1) is 5.92 Å². The minimum absolute atomic E-state index is 0.00805. The molecule has 0 saturated heterocycles. The third-order valence-corrected chi connectivity index (χ3v) is 3.08. The van der Waals surface area contributed by atoms with Gasteiger partial charge < -0.3 is 16.0 Å². The number of rotatable bonds is 6. The molecular weight excluding hydrogens is 266 g/mol. The van der Waals surface area contributed by atoms with E-state index >= 15 is 0 Å². The topological polar surface area (TPSA) is 75.4 Å². The molecule has 0 aliphatic carbocycles. The van der Waals surface area contributed by atoms with Gasteiger partial charge in [-0.3, -0.25) is 9.59 Å². The number of hydrogen-bond donors (Lipinski definition) is 2. The lowest BCUT2D eigenvalue weighted by Gasteiger charge is -2.28. The molecule has 21 heavy (non-hydrogen) atoms. The lowest BCUT2D eigenvalue weighted by molar-refractivity contribution is -0.132. The zero-order chi connectivity index (χ0) is 16.0. The van der Waals surface area contributed by atoms with E-state index in [-0.39, 0.29) is 24.4 Å². The van der Waals surface area contributed by atoms with E-state index in [9.17, 15) is 9.59 Å². The van der Waals surface area contributed by atoms with E-state index in [1.807, 2.05) is 13.8 Å². The molecule has 5 heteroatoms. The van der Waals surface area contributed by atoms with Crippen molar-refractivity contribution in [2.45, 2.75) is 33.7 Å². The molecule has 3 N–H and O–H groups in total. The van der Waals surface area contributed by atoms with Crippen LogP contribution in [0.15, 0.2) is 24.3 Å². The number of benzene rings is 1. The first-order valence-corrected chi connectivity index (χ1v) is 7.24. The molecule has 0 aromatic heterocycles. The van der Waals surface area contributed by atoms with Gasteiger partial charge in [-0.1, -0.05) is 13.8 Å². The maximum absolute atomic E-state index is 12.2. The van der Waals surface area contributed by atoms with E-state index < -0.39 is 0 Å². The van der Waals surface area contributed by atoms with Gasteiger partial charge in [0.1, 0.15) is 0 Å². The molecule has 0 fully saturated rings. The minimum atomic E-state index is -0.267. The Labute approximate surface area is 126 Å². The molecule has 0 radical (unpaired) electrons. The maximum atomic E-state index is 12.2. The van der Waals surface area contributed by atoms with Gasteiger partial charge in [-0.2, -0.15) is 0 Å². The van der Waals surface area contributed by atoms with Crippen molar-refractivity contribution >= 4 is 17.5 Å². The highest BCUT2D eigenvalue weighted by molar-refractivity contribution is 5.96. The summed E-state index contributed by atoms with van der Waals surface area (Å²) in [5.41, 5.74) is 6.68. The van der Waals surface area contributed by atoms with Gasteiger partial charge in [0.15, 0.2) is 0 Å². The van der Waals surface area contributed by atoms with E-state index in [0.717, 1.165) is 0 Å². The number of nitrogens with one attached hydrogen (secondary N) is 1. The third-order valence-electron chi connectivity index (χ3n) is 3.08. The molecule has 0 aliphatic heterocycles. The average Bonchev–Trinajstić information content (AvgIpc) is 2.42. The largest absolute Gasteiger partial charge is 0.399 e. The maximum Gasteiger partial charge on any atom is 0.251 e. The lowest BCUT2D eigenvalue weighted by Crippen LogP contribution is -2.45. The molecule has 116 valence electrons. The number of carbonyl (C=O) groups excluding carboxylic acids is 2. The van der Waals surface area contributed by atoms with Gasteiger partial charge in [0.25, 0.3) is 5.91 Å². The van der Waals surface area contributed by atoms with E-state index in [1.54, 1.807) is 29.2 Å². The molecule has 1 rings (SSSR count). The number of hydrogen-bond acceptors (Lipinski definition) is 3. The van der Waals surface area contributed by atoms with Gasteiger partial charge in [0, 0.05) is 23.8 Å². The molecular formula is C16H25N3O2. The molecule has 0 spiro atoms. The zero-order valence-electron chi connectivity index (χ0n) is 13.2. The summed E-state index contributed by atoms with van der Waals surface area (Å²) < 4.78 is 0. The highest BCUT2D eigenvalue weighted by Crippen LogP contribution is 2.06. The summed E-state index contributed by atoms with van der Waals surface area (Å²) in [6.45, 7) is 8.78. The second-order valence-electron chi connectivity index (χ2n) is 5.84. The van der Waals surface area contributed by atoms with Crippen molar-refractivity contribution in [3.05, 3.63) is 29.8 Å². The van der Waals surface area contributed by atoms with Crippen LogP contribution in [0.4, 0.5) is 5.69 Å². The summed E-state index contributed by atoms with van der Waals surface area (Å²) in [5.74, 6) is 0.0586. The van der Waals surface area contributed by atoms with Crippen LogP contribution in [0.2, 0.25) is 0 Å². The highest BCUT2D eigenvalue weighted by Gasteiger charge is 2.18. The number of nitrogens with zero attached hydrogens (tertiary/aromatic N) is 1. The van der Waals surface area contributed by atoms with Gasteiger partial charge in [-0.05, 0) is 44.0 Å². The van der Waals surface area contributed by atoms with Gasteiger partial charge >= 0.3 is 0 Å². The first-order chi connectivity index (χ1) is 9.81. The summed E-state index contributed by atoms with van der Waals surface area (Å²) in [5, 5.41) is 2.66. The molecule has 0 atom stereocenters. The van der Waals surface area contributed by atoms with Crippen molar-refractivity contribution in [1.82, 2.24) is 10.2 Å². The summed E-state index contributed by atoms with van der Waals surface area (Å²) >= 11 is 0. The number of carbonyl (C=O) groups is 2. The summed E-state index contributed by atoms with van der Waals surface area (Å²) in [7, 11) is 0. The zero-order valence-corrected chi connectivity index (χ0v) is 13.2. The fourth-order valence-corrected chi connectivity index (χ4v) is 1.99. The van der Waals surface area contributed by atoms with E-state index in [4.69, 9.17) is 5.73 Å². The van der Waals surface area contributed by atoms with Crippen molar-refractivity contribution in [3.63, 3.8) is 0 Å². The first kappa shape index (κ1) is 17.0. The smallest absolute Gasteiger partial charge is 0.251 e. The van der Waals surface area contributed by atoms with Crippen molar-refractivity contribution < 1.29 is 9.59 Å². The SMILES string of the molecule is CC(C)CN(C(=O)CNC(=O)c1ccc(N)cc1)C(C)C. The van der Waals surface area contributed by atoms with Gasteiger partial charge in [0.2, 0.25) is 5.91 Å². The van der Waals surface area contributed by atoms with Crippen LogP contribution in [0.3, 0.4) is 0 Å². The van der Waals surface area contributed by atoms with Crippen LogP contribution >= 0.6 is 0 Å². The van der Waals surface area contributed by atoms with Crippen LogP contribution in [0.25, 0.3) is 0 Å². The molecule has 0 heterocycles. The predicted molar refractivity (Wildman–Crippen MR) is 84.9 cm³/mol. The Morgan fingerprint density at radius 2 is 1.71 bits per heavy atom. The number of nitrogen functional groups attached to an aromatic ring is 1. The Balaban J connectivity index is 2.58. The van der Waals surface area contributed by atoms with Gasteiger partial charge in [-0.25, -0.2) is 0 Å². The standard InChI is InChI=1S/C16H25N3O2/c1-11(2)10-19(12(3)4)15(20)9-18-16(21)13-5-7-14(17)8-6-13/h5-8,11-12H,9-10,17H2,1-4H3,(H,18,21). The van der Waals surface area contributed by atoms with Crippen LogP contribution < -0.4 is 11.1 Å². The highest BCUT2D eigenvalue weighted by atomic mass is 16.2. The molecule has 1 aromatic rings. The van der Waals surface area contributed by atoms with Crippen LogP contribution in [0.5, 0.6) is 0 Å². The van der Waals surface area contributed by atoms with E-state index in [0.29, 0.717) is 23.7 Å².